The third-order valence-electron chi connectivity index (χ3n) is 5.24. The third-order valence-corrected chi connectivity index (χ3v) is 6.66. The van der Waals surface area contributed by atoms with E-state index in [-0.39, 0.29) is 24.1 Å². The van der Waals surface area contributed by atoms with E-state index in [0.29, 0.717) is 31.1 Å². The van der Waals surface area contributed by atoms with E-state index >= 15 is 0 Å². The van der Waals surface area contributed by atoms with Gasteiger partial charge in [0.05, 0.1) is 17.1 Å². The molecule has 4 rings (SSSR count). The van der Waals surface area contributed by atoms with Crippen LogP contribution in [0.4, 0.5) is 5.95 Å². The summed E-state index contributed by atoms with van der Waals surface area (Å²) in [4.78, 5) is 22.5. The first-order valence-electron chi connectivity index (χ1n) is 10.4. The first-order chi connectivity index (χ1) is 15.5. The first kappa shape index (κ1) is 22.1. The fourth-order valence-corrected chi connectivity index (χ4v) is 4.69. The SMILES string of the molecule is CCOC(=O)c1cnc(N2CCNC(CNS(=O)(=O)c3ccc4ccccc4c3)C2)nc1. The molecule has 1 atom stereocenters. The minimum atomic E-state index is -3.65. The summed E-state index contributed by atoms with van der Waals surface area (Å²) < 4.78 is 33.3. The Morgan fingerprint density at radius 1 is 1.19 bits per heavy atom. The number of hydrogen-bond donors (Lipinski definition) is 2. The number of carbonyl (C=O) groups is 1. The van der Waals surface area contributed by atoms with Gasteiger partial charge in [-0.3, -0.25) is 0 Å². The van der Waals surface area contributed by atoms with E-state index in [4.69, 9.17) is 4.74 Å². The van der Waals surface area contributed by atoms with Gasteiger partial charge >= 0.3 is 5.97 Å². The zero-order chi connectivity index (χ0) is 22.6. The van der Waals surface area contributed by atoms with E-state index in [1.807, 2.05) is 35.2 Å². The molecule has 0 radical (unpaired) electrons. The molecule has 0 amide bonds. The van der Waals surface area contributed by atoms with Crippen LogP contribution in [-0.4, -0.2) is 63.2 Å². The van der Waals surface area contributed by atoms with Crippen molar-refractivity contribution in [2.75, 3.05) is 37.7 Å². The molecule has 168 valence electrons. The molecule has 0 bridgehead atoms. The quantitative estimate of drug-likeness (QED) is 0.516. The summed E-state index contributed by atoms with van der Waals surface area (Å²) in [5, 5.41) is 5.19. The molecule has 1 aliphatic heterocycles. The number of benzene rings is 2. The molecule has 32 heavy (non-hydrogen) atoms. The van der Waals surface area contributed by atoms with Gasteiger partial charge in [0.15, 0.2) is 0 Å². The predicted molar refractivity (Wildman–Crippen MR) is 121 cm³/mol. The monoisotopic (exact) mass is 455 g/mol. The van der Waals surface area contributed by atoms with Crippen LogP contribution in [0.1, 0.15) is 17.3 Å². The summed E-state index contributed by atoms with van der Waals surface area (Å²) in [6, 6.07) is 12.6. The number of carbonyl (C=O) groups excluding carboxylic acids is 1. The Morgan fingerprint density at radius 3 is 2.69 bits per heavy atom. The molecule has 3 aromatic rings. The number of nitrogens with one attached hydrogen (secondary N) is 2. The molecule has 1 aromatic heterocycles. The smallest absolute Gasteiger partial charge is 0.341 e. The number of rotatable bonds is 7. The Hall–Kier alpha value is -3.08. The van der Waals surface area contributed by atoms with Crippen molar-refractivity contribution in [1.82, 2.24) is 20.0 Å². The average molecular weight is 456 g/mol. The molecular formula is C22H25N5O4S. The number of sulfonamides is 1. The lowest BCUT2D eigenvalue weighted by molar-refractivity contribution is 0.0525. The maximum atomic E-state index is 12.8. The number of anilines is 1. The van der Waals surface area contributed by atoms with Crippen molar-refractivity contribution in [2.45, 2.75) is 17.9 Å². The van der Waals surface area contributed by atoms with E-state index in [0.717, 1.165) is 10.8 Å². The van der Waals surface area contributed by atoms with Crippen molar-refractivity contribution in [2.24, 2.45) is 0 Å². The van der Waals surface area contributed by atoms with E-state index < -0.39 is 16.0 Å². The van der Waals surface area contributed by atoms with Crippen LogP contribution in [-0.2, 0) is 14.8 Å². The molecule has 10 heteroatoms. The Kier molecular flexibility index (Phi) is 6.63. The van der Waals surface area contributed by atoms with Gasteiger partial charge < -0.3 is 15.0 Å². The second kappa shape index (κ2) is 9.60. The normalized spacial score (nSPS) is 16.8. The molecular weight excluding hydrogens is 430 g/mol. The molecule has 2 heterocycles. The number of piperazine rings is 1. The molecule has 2 aromatic carbocycles. The number of fused-ring (bicyclic) bond motifs is 1. The molecule has 1 saturated heterocycles. The van der Waals surface area contributed by atoms with Crippen molar-refractivity contribution < 1.29 is 17.9 Å². The highest BCUT2D eigenvalue weighted by molar-refractivity contribution is 7.89. The van der Waals surface area contributed by atoms with Crippen molar-refractivity contribution in [3.8, 4) is 0 Å². The van der Waals surface area contributed by atoms with Crippen LogP contribution >= 0.6 is 0 Å². The highest BCUT2D eigenvalue weighted by Gasteiger charge is 2.24. The van der Waals surface area contributed by atoms with Gasteiger partial charge in [-0.2, -0.15) is 0 Å². The second-order valence-corrected chi connectivity index (χ2v) is 9.22. The number of aromatic nitrogens is 2. The minimum Gasteiger partial charge on any atom is -0.462 e. The van der Waals surface area contributed by atoms with E-state index in [9.17, 15) is 13.2 Å². The Balaban J connectivity index is 1.38. The molecule has 1 aliphatic rings. The summed E-state index contributed by atoms with van der Waals surface area (Å²) in [6.07, 6.45) is 2.89. The summed E-state index contributed by atoms with van der Waals surface area (Å²) in [7, 11) is -3.65. The van der Waals surface area contributed by atoms with Gasteiger partial charge in [-0.1, -0.05) is 30.3 Å². The summed E-state index contributed by atoms with van der Waals surface area (Å²) >= 11 is 0. The van der Waals surface area contributed by atoms with Crippen LogP contribution in [0.3, 0.4) is 0 Å². The fourth-order valence-electron chi connectivity index (χ4n) is 3.58. The Labute approximate surface area is 186 Å². The number of ether oxygens (including phenoxy) is 1. The van der Waals surface area contributed by atoms with Crippen LogP contribution in [0.25, 0.3) is 10.8 Å². The van der Waals surface area contributed by atoms with Crippen LogP contribution in [0.2, 0.25) is 0 Å². The zero-order valence-electron chi connectivity index (χ0n) is 17.7. The lowest BCUT2D eigenvalue weighted by atomic mass is 10.1. The molecule has 0 saturated carbocycles. The highest BCUT2D eigenvalue weighted by Crippen LogP contribution is 2.19. The van der Waals surface area contributed by atoms with Gasteiger partial charge in [0.1, 0.15) is 0 Å². The topological polar surface area (TPSA) is 114 Å². The largest absolute Gasteiger partial charge is 0.462 e. The van der Waals surface area contributed by atoms with Gasteiger partial charge in [-0.15, -0.1) is 0 Å². The number of nitrogens with zero attached hydrogens (tertiary/aromatic N) is 3. The Bertz CT molecular complexity index is 1200. The van der Waals surface area contributed by atoms with Gasteiger partial charge in [-0.25, -0.2) is 27.9 Å². The van der Waals surface area contributed by atoms with Crippen molar-refractivity contribution in [3.63, 3.8) is 0 Å². The standard InChI is InChI=1S/C22H25N5O4S/c1-2-31-21(28)18-12-24-22(25-13-18)27-10-9-23-19(15-27)14-26-32(29,30)20-8-7-16-5-3-4-6-17(16)11-20/h3-8,11-13,19,23,26H,2,9-10,14-15H2,1H3. The number of hydrogen-bond acceptors (Lipinski definition) is 8. The van der Waals surface area contributed by atoms with Gasteiger partial charge in [-0.05, 0) is 29.8 Å². The average Bonchev–Trinajstić information content (AvgIpc) is 2.83. The van der Waals surface area contributed by atoms with Crippen molar-refractivity contribution in [3.05, 3.63) is 60.4 Å². The van der Waals surface area contributed by atoms with E-state index in [2.05, 4.69) is 20.0 Å². The fraction of sp³-hybridized carbons (Fsp3) is 0.318. The summed E-state index contributed by atoms with van der Waals surface area (Å²) in [5.41, 5.74) is 0.297. The lowest BCUT2D eigenvalue weighted by Crippen LogP contribution is -2.55. The van der Waals surface area contributed by atoms with Crippen LogP contribution in [0.15, 0.2) is 59.8 Å². The highest BCUT2D eigenvalue weighted by atomic mass is 32.2. The van der Waals surface area contributed by atoms with E-state index in [1.165, 1.54) is 12.4 Å². The van der Waals surface area contributed by atoms with Gasteiger partial charge in [0, 0.05) is 44.6 Å². The van der Waals surface area contributed by atoms with E-state index in [1.54, 1.807) is 19.1 Å². The van der Waals surface area contributed by atoms with Gasteiger partial charge in [0.2, 0.25) is 16.0 Å². The van der Waals surface area contributed by atoms with Crippen LogP contribution in [0, 0.1) is 0 Å². The molecule has 2 N–H and O–H groups in total. The summed E-state index contributed by atoms with van der Waals surface area (Å²) in [5.74, 6) is 0.0299. The maximum absolute atomic E-state index is 12.8. The molecule has 9 nitrogen and oxygen atoms in total. The summed E-state index contributed by atoms with van der Waals surface area (Å²) in [6.45, 7) is 4.11. The second-order valence-electron chi connectivity index (χ2n) is 7.45. The molecule has 0 aliphatic carbocycles. The predicted octanol–water partition coefficient (Wildman–Crippen LogP) is 1.56. The lowest BCUT2D eigenvalue weighted by Gasteiger charge is -2.33. The van der Waals surface area contributed by atoms with Crippen molar-refractivity contribution in [1.29, 1.82) is 0 Å². The zero-order valence-corrected chi connectivity index (χ0v) is 18.5. The first-order valence-corrected chi connectivity index (χ1v) is 11.9. The van der Waals surface area contributed by atoms with Crippen molar-refractivity contribution >= 4 is 32.7 Å². The van der Waals surface area contributed by atoms with Crippen LogP contribution in [0.5, 0.6) is 0 Å². The molecule has 1 unspecified atom stereocenters. The van der Waals surface area contributed by atoms with Crippen LogP contribution < -0.4 is 14.9 Å². The minimum absolute atomic E-state index is 0.118. The number of esters is 1. The third kappa shape index (κ3) is 5.04. The molecule has 1 fully saturated rings. The molecule has 0 spiro atoms. The Morgan fingerprint density at radius 2 is 1.94 bits per heavy atom. The van der Waals surface area contributed by atoms with Gasteiger partial charge in [0.25, 0.3) is 0 Å². The maximum Gasteiger partial charge on any atom is 0.341 e.